The number of aliphatic hydroxyl groups is 1. The molecule has 21 heavy (non-hydrogen) atoms. The summed E-state index contributed by atoms with van der Waals surface area (Å²) in [5, 5.41) is 9.66. The van der Waals surface area contributed by atoms with E-state index in [9.17, 15) is 9.90 Å². The highest BCUT2D eigenvalue weighted by atomic mass is 16.5. The van der Waals surface area contributed by atoms with E-state index in [1.807, 2.05) is 4.90 Å². The molecule has 0 aromatic heterocycles. The maximum atomic E-state index is 12.3. The van der Waals surface area contributed by atoms with Crippen molar-refractivity contribution in [2.24, 2.45) is 5.92 Å². The number of aliphatic hydroxyl groups excluding tert-OH is 1. The van der Waals surface area contributed by atoms with Gasteiger partial charge in [0.2, 0.25) is 5.91 Å². The van der Waals surface area contributed by atoms with Gasteiger partial charge in [0.05, 0.1) is 12.6 Å². The standard InChI is InChI=1S/C16H30N2O3/c1-21-11-3-4-14-6-9-18(10-7-14)16(20)13-17-8-2-5-15(19)12-17/h14-15,19H,2-13H2,1H3/t15-/m0/s1. The van der Waals surface area contributed by atoms with Gasteiger partial charge in [-0.25, -0.2) is 0 Å². The Kier molecular flexibility index (Phi) is 6.93. The SMILES string of the molecule is COCCCC1CCN(C(=O)CN2CCC[C@H](O)C2)CC1. The van der Waals surface area contributed by atoms with Crippen molar-refractivity contribution in [2.75, 3.05) is 46.4 Å². The summed E-state index contributed by atoms with van der Waals surface area (Å²) in [5.74, 6) is 0.987. The van der Waals surface area contributed by atoms with Gasteiger partial charge in [0, 0.05) is 33.4 Å². The van der Waals surface area contributed by atoms with Crippen LogP contribution in [-0.2, 0) is 9.53 Å². The van der Waals surface area contributed by atoms with E-state index < -0.39 is 0 Å². The van der Waals surface area contributed by atoms with Crippen LogP contribution in [0, 0.1) is 5.92 Å². The van der Waals surface area contributed by atoms with E-state index >= 15 is 0 Å². The molecule has 0 aromatic rings. The second-order valence-corrected chi connectivity index (χ2v) is 6.49. The van der Waals surface area contributed by atoms with E-state index in [-0.39, 0.29) is 12.0 Å². The molecule has 0 bridgehead atoms. The Balaban J connectivity index is 1.65. The number of hydrogen-bond donors (Lipinski definition) is 1. The van der Waals surface area contributed by atoms with Crippen molar-refractivity contribution in [3.05, 3.63) is 0 Å². The first-order valence-corrected chi connectivity index (χ1v) is 8.36. The maximum Gasteiger partial charge on any atom is 0.236 e. The van der Waals surface area contributed by atoms with Gasteiger partial charge >= 0.3 is 0 Å². The summed E-state index contributed by atoms with van der Waals surface area (Å²) < 4.78 is 5.09. The summed E-state index contributed by atoms with van der Waals surface area (Å²) in [4.78, 5) is 16.4. The number of ether oxygens (including phenoxy) is 1. The molecule has 0 spiro atoms. The van der Waals surface area contributed by atoms with Gasteiger partial charge in [0.25, 0.3) is 0 Å². The Morgan fingerprint density at radius 1 is 1.24 bits per heavy atom. The minimum absolute atomic E-state index is 0.236. The Labute approximate surface area is 128 Å². The number of methoxy groups -OCH3 is 1. The molecular weight excluding hydrogens is 268 g/mol. The lowest BCUT2D eigenvalue weighted by molar-refractivity contribution is -0.134. The van der Waals surface area contributed by atoms with E-state index in [4.69, 9.17) is 4.74 Å². The number of nitrogens with zero attached hydrogens (tertiary/aromatic N) is 2. The van der Waals surface area contributed by atoms with E-state index in [0.717, 1.165) is 64.3 Å². The summed E-state index contributed by atoms with van der Waals surface area (Å²) in [7, 11) is 1.75. The van der Waals surface area contributed by atoms with Gasteiger partial charge in [-0.1, -0.05) is 0 Å². The van der Waals surface area contributed by atoms with Crippen LogP contribution < -0.4 is 0 Å². The molecule has 1 amide bonds. The van der Waals surface area contributed by atoms with Gasteiger partial charge in [-0.05, 0) is 51.0 Å². The van der Waals surface area contributed by atoms with Gasteiger partial charge in [-0.15, -0.1) is 0 Å². The van der Waals surface area contributed by atoms with Crippen LogP contribution in [0.25, 0.3) is 0 Å². The van der Waals surface area contributed by atoms with Crippen molar-refractivity contribution in [2.45, 2.75) is 44.6 Å². The predicted octanol–water partition coefficient (Wildman–Crippen LogP) is 1.11. The van der Waals surface area contributed by atoms with Crippen LogP contribution in [-0.4, -0.2) is 73.4 Å². The van der Waals surface area contributed by atoms with E-state index in [1.165, 1.54) is 6.42 Å². The average Bonchev–Trinajstić information content (AvgIpc) is 2.48. The van der Waals surface area contributed by atoms with Gasteiger partial charge in [0.1, 0.15) is 0 Å². The molecule has 2 saturated heterocycles. The number of carbonyl (C=O) groups excluding carboxylic acids is 1. The fourth-order valence-corrected chi connectivity index (χ4v) is 3.45. The summed E-state index contributed by atoms with van der Waals surface area (Å²) in [6.07, 6.45) is 6.21. The van der Waals surface area contributed by atoms with Crippen molar-refractivity contribution in [3.63, 3.8) is 0 Å². The minimum Gasteiger partial charge on any atom is -0.392 e. The first-order chi connectivity index (χ1) is 10.2. The monoisotopic (exact) mass is 298 g/mol. The van der Waals surface area contributed by atoms with Crippen molar-refractivity contribution < 1.29 is 14.6 Å². The molecule has 0 radical (unpaired) electrons. The highest BCUT2D eigenvalue weighted by molar-refractivity contribution is 5.78. The Morgan fingerprint density at radius 2 is 2.00 bits per heavy atom. The first-order valence-electron chi connectivity index (χ1n) is 8.36. The number of β-amino-alcohol motifs (C(OH)–C–C–N with tert-alkyl or cyclic N) is 1. The third kappa shape index (κ3) is 5.57. The number of likely N-dealkylation sites (tertiary alicyclic amines) is 2. The zero-order chi connectivity index (χ0) is 15.1. The average molecular weight is 298 g/mol. The molecule has 0 aromatic carbocycles. The molecule has 122 valence electrons. The molecule has 5 nitrogen and oxygen atoms in total. The molecule has 1 atom stereocenters. The number of rotatable bonds is 6. The Hall–Kier alpha value is -0.650. The third-order valence-electron chi connectivity index (χ3n) is 4.77. The second-order valence-electron chi connectivity index (χ2n) is 6.49. The Bertz CT molecular complexity index is 317. The molecule has 0 saturated carbocycles. The molecule has 2 rings (SSSR count). The van der Waals surface area contributed by atoms with Crippen molar-refractivity contribution in [1.82, 2.24) is 9.80 Å². The second kappa shape index (κ2) is 8.71. The van der Waals surface area contributed by atoms with E-state index in [0.29, 0.717) is 13.1 Å². The van der Waals surface area contributed by atoms with Crippen LogP contribution in [0.1, 0.15) is 38.5 Å². The Morgan fingerprint density at radius 3 is 2.67 bits per heavy atom. The number of carbonyl (C=O) groups is 1. The van der Waals surface area contributed by atoms with Crippen LogP contribution in [0.4, 0.5) is 0 Å². The minimum atomic E-state index is -0.252. The van der Waals surface area contributed by atoms with E-state index in [1.54, 1.807) is 7.11 Å². The summed E-state index contributed by atoms with van der Waals surface area (Å²) in [6, 6.07) is 0. The number of amides is 1. The third-order valence-corrected chi connectivity index (χ3v) is 4.77. The molecule has 2 heterocycles. The topological polar surface area (TPSA) is 53.0 Å². The molecule has 2 aliphatic rings. The van der Waals surface area contributed by atoms with E-state index in [2.05, 4.69) is 4.90 Å². The molecular formula is C16H30N2O3. The molecule has 2 fully saturated rings. The molecule has 0 aliphatic carbocycles. The van der Waals surface area contributed by atoms with Gasteiger partial charge in [0.15, 0.2) is 0 Å². The highest BCUT2D eigenvalue weighted by Crippen LogP contribution is 2.22. The number of hydrogen-bond acceptors (Lipinski definition) is 4. The van der Waals surface area contributed by atoms with Crippen LogP contribution in [0.3, 0.4) is 0 Å². The smallest absolute Gasteiger partial charge is 0.236 e. The number of piperidine rings is 2. The first kappa shape index (κ1) is 16.7. The predicted molar refractivity (Wildman–Crippen MR) is 82.1 cm³/mol. The molecule has 0 unspecified atom stereocenters. The quantitative estimate of drug-likeness (QED) is 0.746. The fraction of sp³-hybridized carbons (Fsp3) is 0.938. The van der Waals surface area contributed by atoms with Crippen molar-refractivity contribution in [3.8, 4) is 0 Å². The largest absolute Gasteiger partial charge is 0.392 e. The maximum absolute atomic E-state index is 12.3. The fourth-order valence-electron chi connectivity index (χ4n) is 3.45. The molecule has 1 N–H and O–H groups in total. The lowest BCUT2D eigenvalue weighted by atomic mass is 9.92. The summed E-state index contributed by atoms with van der Waals surface area (Å²) >= 11 is 0. The van der Waals surface area contributed by atoms with Crippen LogP contribution in [0.2, 0.25) is 0 Å². The van der Waals surface area contributed by atoms with Crippen LogP contribution in [0.15, 0.2) is 0 Å². The highest BCUT2D eigenvalue weighted by Gasteiger charge is 2.25. The van der Waals surface area contributed by atoms with Crippen LogP contribution >= 0.6 is 0 Å². The van der Waals surface area contributed by atoms with Gasteiger partial charge in [-0.3, -0.25) is 9.69 Å². The lowest BCUT2D eigenvalue weighted by Crippen LogP contribution is -2.47. The zero-order valence-electron chi connectivity index (χ0n) is 13.3. The van der Waals surface area contributed by atoms with Crippen LogP contribution in [0.5, 0.6) is 0 Å². The van der Waals surface area contributed by atoms with Crippen molar-refractivity contribution >= 4 is 5.91 Å². The normalized spacial score (nSPS) is 25.2. The summed E-state index contributed by atoms with van der Waals surface area (Å²) in [6.45, 7) is 4.71. The lowest BCUT2D eigenvalue weighted by Gasteiger charge is -2.35. The van der Waals surface area contributed by atoms with Crippen molar-refractivity contribution in [1.29, 1.82) is 0 Å². The molecule has 2 aliphatic heterocycles. The zero-order valence-corrected chi connectivity index (χ0v) is 13.3. The summed E-state index contributed by atoms with van der Waals surface area (Å²) in [5.41, 5.74) is 0. The van der Waals surface area contributed by atoms with Gasteiger partial charge < -0.3 is 14.7 Å². The molecule has 5 heteroatoms. The van der Waals surface area contributed by atoms with Gasteiger partial charge in [-0.2, -0.15) is 0 Å².